The molecule has 0 spiro atoms. The molecule has 148 valence electrons. The van der Waals surface area contributed by atoms with E-state index in [1.807, 2.05) is 29.2 Å². The van der Waals surface area contributed by atoms with Gasteiger partial charge >= 0.3 is 0 Å². The second-order valence-corrected chi connectivity index (χ2v) is 7.73. The molecule has 1 aliphatic carbocycles. The SMILES string of the molecule is COc1ccccc1C(=O)N1C[C@@H]2C[C@@H]2[C@H]1CNC(=O)c1cccc2occc12. The van der Waals surface area contributed by atoms with Gasteiger partial charge in [-0.3, -0.25) is 9.59 Å². The van der Waals surface area contributed by atoms with Gasteiger partial charge in [0.25, 0.3) is 11.8 Å². The van der Waals surface area contributed by atoms with E-state index in [1.54, 1.807) is 37.6 Å². The molecule has 0 unspecified atom stereocenters. The zero-order valence-electron chi connectivity index (χ0n) is 16.1. The Bertz CT molecular complexity index is 1090. The number of benzene rings is 2. The minimum Gasteiger partial charge on any atom is -0.496 e. The number of ether oxygens (including phenoxy) is 1. The van der Waals surface area contributed by atoms with Crippen LogP contribution in [-0.2, 0) is 0 Å². The summed E-state index contributed by atoms with van der Waals surface area (Å²) in [6, 6.07) is 14.5. The minimum atomic E-state index is -0.147. The van der Waals surface area contributed by atoms with E-state index in [1.165, 1.54) is 0 Å². The van der Waals surface area contributed by atoms with Gasteiger partial charge in [-0.25, -0.2) is 0 Å². The Kier molecular flexibility index (Phi) is 4.27. The van der Waals surface area contributed by atoms with Gasteiger partial charge in [-0.2, -0.15) is 0 Å². The van der Waals surface area contributed by atoms with E-state index in [9.17, 15) is 9.59 Å². The van der Waals surface area contributed by atoms with Crippen molar-refractivity contribution in [2.75, 3.05) is 20.2 Å². The summed E-state index contributed by atoms with van der Waals surface area (Å²) in [6.07, 6.45) is 2.70. The lowest BCUT2D eigenvalue weighted by atomic mass is 10.1. The van der Waals surface area contributed by atoms with Crippen molar-refractivity contribution in [1.29, 1.82) is 0 Å². The maximum atomic E-state index is 13.2. The lowest BCUT2D eigenvalue weighted by molar-refractivity contribution is 0.0691. The molecule has 1 aliphatic heterocycles. The number of amides is 2. The predicted octanol–water partition coefficient (Wildman–Crippen LogP) is 3.33. The van der Waals surface area contributed by atoms with Crippen molar-refractivity contribution in [3.05, 3.63) is 65.9 Å². The second kappa shape index (κ2) is 6.95. The molecule has 29 heavy (non-hydrogen) atoms. The quantitative estimate of drug-likeness (QED) is 0.725. The van der Waals surface area contributed by atoms with Crippen molar-refractivity contribution in [3.63, 3.8) is 0 Å². The number of carbonyl (C=O) groups is 2. The second-order valence-electron chi connectivity index (χ2n) is 7.73. The Labute approximate surface area is 168 Å². The van der Waals surface area contributed by atoms with Gasteiger partial charge in [-0.1, -0.05) is 18.2 Å². The molecular formula is C23H22N2O4. The first-order chi connectivity index (χ1) is 14.2. The third-order valence-electron chi connectivity index (χ3n) is 6.11. The maximum Gasteiger partial charge on any atom is 0.257 e. The topological polar surface area (TPSA) is 71.8 Å². The zero-order chi connectivity index (χ0) is 20.0. The van der Waals surface area contributed by atoms with E-state index >= 15 is 0 Å². The Morgan fingerprint density at radius 3 is 2.83 bits per heavy atom. The molecule has 3 atom stereocenters. The van der Waals surface area contributed by atoms with E-state index in [0.717, 1.165) is 18.4 Å². The number of nitrogens with zero attached hydrogens (tertiary/aromatic N) is 1. The van der Waals surface area contributed by atoms with Gasteiger partial charge in [0, 0.05) is 18.5 Å². The van der Waals surface area contributed by atoms with E-state index in [-0.39, 0.29) is 17.9 Å². The summed E-state index contributed by atoms with van der Waals surface area (Å²) in [4.78, 5) is 27.9. The number of methoxy groups -OCH3 is 1. The van der Waals surface area contributed by atoms with Crippen LogP contribution in [0.15, 0.2) is 59.2 Å². The summed E-state index contributed by atoms with van der Waals surface area (Å²) in [5, 5.41) is 3.83. The number of hydrogen-bond donors (Lipinski definition) is 1. The monoisotopic (exact) mass is 390 g/mol. The van der Waals surface area contributed by atoms with Gasteiger partial charge in [-0.05, 0) is 48.6 Å². The molecule has 1 aromatic heterocycles. The van der Waals surface area contributed by atoms with Crippen LogP contribution in [0.3, 0.4) is 0 Å². The fourth-order valence-corrected chi connectivity index (χ4v) is 4.53. The number of piperidine rings is 1. The molecule has 1 saturated carbocycles. The minimum absolute atomic E-state index is 0.00455. The van der Waals surface area contributed by atoms with Gasteiger partial charge < -0.3 is 19.4 Å². The summed E-state index contributed by atoms with van der Waals surface area (Å²) in [7, 11) is 1.57. The predicted molar refractivity (Wildman–Crippen MR) is 108 cm³/mol. The molecule has 2 heterocycles. The third-order valence-corrected chi connectivity index (χ3v) is 6.11. The van der Waals surface area contributed by atoms with Crippen LogP contribution in [0.5, 0.6) is 5.75 Å². The van der Waals surface area contributed by atoms with E-state index < -0.39 is 0 Å². The highest BCUT2D eigenvalue weighted by atomic mass is 16.5. The molecule has 0 bridgehead atoms. The highest BCUT2D eigenvalue weighted by molar-refractivity contribution is 6.06. The number of furan rings is 1. The Hall–Kier alpha value is -3.28. The van der Waals surface area contributed by atoms with E-state index in [0.29, 0.717) is 40.8 Å². The number of carbonyl (C=O) groups excluding carboxylic acids is 2. The van der Waals surface area contributed by atoms with Crippen molar-refractivity contribution >= 4 is 22.8 Å². The average Bonchev–Trinajstić information content (AvgIpc) is 3.19. The molecule has 5 rings (SSSR count). The largest absolute Gasteiger partial charge is 0.496 e. The number of likely N-dealkylation sites (tertiary alicyclic amines) is 1. The first-order valence-electron chi connectivity index (χ1n) is 9.86. The van der Waals surface area contributed by atoms with Gasteiger partial charge in [0.05, 0.1) is 30.5 Å². The van der Waals surface area contributed by atoms with Crippen molar-refractivity contribution in [3.8, 4) is 5.75 Å². The van der Waals surface area contributed by atoms with Crippen LogP contribution in [0, 0.1) is 11.8 Å². The Balaban J connectivity index is 1.33. The van der Waals surface area contributed by atoms with E-state index in [2.05, 4.69) is 5.32 Å². The number of fused-ring (bicyclic) bond motifs is 2. The molecule has 1 N–H and O–H groups in total. The van der Waals surface area contributed by atoms with Gasteiger partial charge in [0.1, 0.15) is 11.3 Å². The third kappa shape index (κ3) is 3.05. The van der Waals surface area contributed by atoms with Crippen LogP contribution >= 0.6 is 0 Å². The number of nitrogens with one attached hydrogen (secondary N) is 1. The van der Waals surface area contributed by atoms with Crippen LogP contribution in [-0.4, -0.2) is 43.0 Å². The van der Waals surface area contributed by atoms with Gasteiger partial charge in [-0.15, -0.1) is 0 Å². The summed E-state index contributed by atoms with van der Waals surface area (Å²) in [5.74, 6) is 1.38. The lowest BCUT2D eigenvalue weighted by Crippen LogP contribution is -2.45. The number of rotatable bonds is 5. The zero-order valence-corrected chi connectivity index (χ0v) is 16.1. The Morgan fingerprint density at radius 2 is 1.97 bits per heavy atom. The van der Waals surface area contributed by atoms with Gasteiger partial charge in [0.2, 0.25) is 0 Å². The molecule has 2 amide bonds. The number of para-hydroxylation sites is 1. The Morgan fingerprint density at radius 1 is 1.14 bits per heavy atom. The lowest BCUT2D eigenvalue weighted by Gasteiger charge is -2.28. The molecular weight excluding hydrogens is 368 g/mol. The molecule has 2 fully saturated rings. The molecule has 1 saturated heterocycles. The normalized spacial score (nSPS) is 22.4. The van der Waals surface area contributed by atoms with Crippen molar-refractivity contribution in [1.82, 2.24) is 10.2 Å². The highest BCUT2D eigenvalue weighted by Crippen LogP contribution is 2.49. The molecule has 6 nitrogen and oxygen atoms in total. The van der Waals surface area contributed by atoms with Crippen LogP contribution < -0.4 is 10.1 Å². The molecule has 2 aromatic carbocycles. The summed E-state index contributed by atoms with van der Waals surface area (Å²) < 4.78 is 10.7. The van der Waals surface area contributed by atoms with Crippen LogP contribution in [0.25, 0.3) is 11.0 Å². The van der Waals surface area contributed by atoms with Crippen LogP contribution in [0.4, 0.5) is 0 Å². The molecule has 2 aliphatic rings. The van der Waals surface area contributed by atoms with Crippen LogP contribution in [0.2, 0.25) is 0 Å². The first kappa shape index (κ1) is 17.8. The highest BCUT2D eigenvalue weighted by Gasteiger charge is 2.54. The molecule has 0 radical (unpaired) electrons. The van der Waals surface area contributed by atoms with Crippen molar-refractivity contribution in [2.24, 2.45) is 11.8 Å². The van der Waals surface area contributed by atoms with Crippen molar-refractivity contribution < 1.29 is 18.7 Å². The fraction of sp³-hybridized carbons (Fsp3) is 0.304. The smallest absolute Gasteiger partial charge is 0.257 e. The first-order valence-corrected chi connectivity index (χ1v) is 9.86. The van der Waals surface area contributed by atoms with E-state index in [4.69, 9.17) is 9.15 Å². The van der Waals surface area contributed by atoms with Gasteiger partial charge in [0.15, 0.2) is 0 Å². The van der Waals surface area contributed by atoms with Crippen LogP contribution in [0.1, 0.15) is 27.1 Å². The summed E-state index contributed by atoms with van der Waals surface area (Å²) in [6.45, 7) is 1.18. The average molecular weight is 390 g/mol. The molecule has 6 heteroatoms. The standard InChI is InChI=1S/C23H22N2O4/c1-28-20-7-3-2-5-17(20)23(27)25-13-14-11-18(14)19(25)12-24-22(26)16-6-4-8-21-15(16)9-10-29-21/h2-10,14,18-19H,11-13H2,1H3,(H,24,26)/t14-,18-,19+/m0/s1. The maximum absolute atomic E-state index is 13.2. The molecule has 3 aromatic rings. The fourth-order valence-electron chi connectivity index (χ4n) is 4.53. The van der Waals surface area contributed by atoms with Crippen molar-refractivity contribution in [2.45, 2.75) is 12.5 Å². The number of hydrogen-bond acceptors (Lipinski definition) is 4. The summed E-state index contributed by atoms with van der Waals surface area (Å²) in [5.41, 5.74) is 1.84. The summed E-state index contributed by atoms with van der Waals surface area (Å²) >= 11 is 0.